The van der Waals surface area contributed by atoms with Gasteiger partial charge in [0.1, 0.15) is 4.70 Å². The van der Waals surface area contributed by atoms with E-state index in [-0.39, 0.29) is 5.56 Å². The van der Waals surface area contributed by atoms with Gasteiger partial charge in [0.25, 0.3) is 5.56 Å². The van der Waals surface area contributed by atoms with Gasteiger partial charge in [0, 0.05) is 10.1 Å². The summed E-state index contributed by atoms with van der Waals surface area (Å²) in [6.45, 7) is 0. The van der Waals surface area contributed by atoms with Crippen molar-refractivity contribution in [3.63, 3.8) is 0 Å². The van der Waals surface area contributed by atoms with Crippen LogP contribution in [-0.2, 0) is 6.18 Å². The summed E-state index contributed by atoms with van der Waals surface area (Å²) < 4.78 is 38.5. The van der Waals surface area contributed by atoms with Crippen LogP contribution in [0.25, 0.3) is 20.3 Å². The van der Waals surface area contributed by atoms with E-state index in [0.29, 0.717) is 20.3 Å². The van der Waals surface area contributed by atoms with Crippen molar-refractivity contribution in [3.05, 3.63) is 40.4 Å². The molecule has 3 aromatic rings. The van der Waals surface area contributed by atoms with Crippen LogP contribution in [0.15, 0.2) is 29.3 Å². The molecule has 92 valence electrons. The molecule has 18 heavy (non-hydrogen) atoms. The van der Waals surface area contributed by atoms with Crippen molar-refractivity contribution in [2.45, 2.75) is 6.18 Å². The number of hydrogen-bond acceptors (Lipinski definition) is 3. The zero-order valence-electron chi connectivity index (χ0n) is 8.71. The lowest BCUT2D eigenvalue weighted by Crippen LogP contribution is -2.04. The van der Waals surface area contributed by atoms with Crippen LogP contribution < -0.4 is 5.56 Å². The summed E-state index contributed by atoms with van der Waals surface area (Å²) in [7, 11) is 0. The summed E-state index contributed by atoms with van der Waals surface area (Å²) in [5.41, 5.74) is -0.625. The number of aromatic amines is 1. The third-order valence-electron chi connectivity index (χ3n) is 2.59. The molecule has 0 spiro atoms. The van der Waals surface area contributed by atoms with Crippen LogP contribution in [0.5, 0.6) is 0 Å². The van der Waals surface area contributed by atoms with Crippen molar-refractivity contribution >= 4 is 31.6 Å². The van der Waals surface area contributed by atoms with Crippen molar-refractivity contribution in [2.75, 3.05) is 0 Å². The Morgan fingerprint density at radius 2 is 2.06 bits per heavy atom. The average Bonchev–Trinajstić information content (AvgIpc) is 2.67. The fraction of sp³-hybridized carbons (Fsp3) is 0.0909. The van der Waals surface area contributed by atoms with Gasteiger partial charge in [-0.05, 0) is 12.1 Å². The molecular weight excluding hydrogens is 265 g/mol. The molecule has 2 aromatic heterocycles. The second-order valence-corrected chi connectivity index (χ2v) is 4.77. The number of benzene rings is 1. The van der Waals surface area contributed by atoms with Crippen molar-refractivity contribution in [1.29, 1.82) is 0 Å². The van der Waals surface area contributed by atoms with E-state index in [2.05, 4.69) is 9.97 Å². The van der Waals surface area contributed by atoms with Crippen LogP contribution in [0.3, 0.4) is 0 Å². The molecule has 3 nitrogen and oxygen atoms in total. The number of halogens is 3. The molecule has 0 aliphatic carbocycles. The van der Waals surface area contributed by atoms with Gasteiger partial charge in [0.05, 0.1) is 17.4 Å². The number of aromatic nitrogens is 2. The Balaban J connectivity index is 2.40. The van der Waals surface area contributed by atoms with Crippen molar-refractivity contribution in [3.8, 4) is 0 Å². The van der Waals surface area contributed by atoms with Crippen LogP contribution in [0.4, 0.5) is 13.2 Å². The van der Waals surface area contributed by atoms with Gasteiger partial charge in [-0.1, -0.05) is 6.07 Å². The Kier molecular flexibility index (Phi) is 2.21. The fourth-order valence-electron chi connectivity index (χ4n) is 1.76. The van der Waals surface area contributed by atoms with Crippen LogP contribution >= 0.6 is 11.3 Å². The van der Waals surface area contributed by atoms with E-state index in [1.54, 1.807) is 0 Å². The van der Waals surface area contributed by atoms with Crippen LogP contribution in [0.1, 0.15) is 5.56 Å². The minimum absolute atomic E-state index is 0.338. The molecule has 0 aliphatic rings. The Morgan fingerprint density at radius 1 is 1.28 bits per heavy atom. The molecule has 0 unspecified atom stereocenters. The lowest BCUT2D eigenvalue weighted by Gasteiger charge is -2.05. The topological polar surface area (TPSA) is 45.8 Å². The maximum Gasteiger partial charge on any atom is 0.416 e. The van der Waals surface area contributed by atoms with Gasteiger partial charge in [-0.3, -0.25) is 4.79 Å². The second kappa shape index (κ2) is 3.55. The minimum atomic E-state index is -4.38. The van der Waals surface area contributed by atoms with Gasteiger partial charge >= 0.3 is 6.18 Å². The highest BCUT2D eigenvalue weighted by Gasteiger charge is 2.30. The molecular formula is C11H5F3N2OS. The first-order valence-corrected chi connectivity index (χ1v) is 5.75. The van der Waals surface area contributed by atoms with Crippen LogP contribution in [-0.4, -0.2) is 9.97 Å². The molecule has 0 amide bonds. The van der Waals surface area contributed by atoms with E-state index < -0.39 is 11.7 Å². The Bertz CT molecular complexity index is 803. The first-order valence-electron chi connectivity index (χ1n) is 4.94. The molecule has 0 saturated carbocycles. The largest absolute Gasteiger partial charge is 0.416 e. The normalized spacial score (nSPS) is 12.4. The molecule has 0 aliphatic heterocycles. The van der Waals surface area contributed by atoms with E-state index in [9.17, 15) is 18.0 Å². The Morgan fingerprint density at radius 3 is 2.78 bits per heavy atom. The smallest absolute Gasteiger partial charge is 0.312 e. The summed E-state index contributed by atoms with van der Waals surface area (Å²) in [4.78, 5) is 17.9. The van der Waals surface area contributed by atoms with E-state index in [1.165, 1.54) is 12.4 Å². The van der Waals surface area contributed by atoms with E-state index in [4.69, 9.17) is 0 Å². The van der Waals surface area contributed by atoms with Gasteiger partial charge in [-0.25, -0.2) is 4.98 Å². The number of rotatable bonds is 0. The molecule has 0 saturated heterocycles. The molecule has 0 atom stereocenters. The highest BCUT2D eigenvalue weighted by atomic mass is 32.1. The number of alkyl halides is 3. The lowest BCUT2D eigenvalue weighted by molar-refractivity contribution is -0.137. The first kappa shape index (κ1) is 11.2. The number of nitrogens with zero attached hydrogens (tertiary/aromatic N) is 1. The van der Waals surface area contributed by atoms with Crippen LogP contribution in [0.2, 0.25) is 0 Å². The number of fused-ring (bicyclic) bond motifs is 3. The quantitative estimate of drug-likeness (QED) is 0.682. The zero-order chi connectivity index (χ0) is 12.9. The van der Waals surface area contributed by atoms with Gasteiger partial charge in [-0.15, -0.1) is 11.3 Å². The highest BCUT2D eigenvalue weighted by molar-refractivity contribution is 7.25. The number of H-pyrrole nitrogens is 1. The third kappa shape index (κ3) is 1.59. The SMILES string of the molecule is O=c1[nH]cnc2c1sc1cc(C(F)(F)F)ccc12. The van der Waals surface area contributed by atoms with Crippen molar-refractivity contribution < 1.29 is 13.2 Å². The van der Waals surface area contributed by atoms with E-state index in [0.717, 1.165) is 23.5 Å². The first-order chi connectivity index (χ1) is 8.47. The van der Waals surface area contributed by atoms with Gasteiger partial charge < -0.3 is 4.98 Å². The number of thiophene rings is 1. The summed E-state index contributed by atoms with van der Waals surface area (Å²) in [5.74, 6) is 0. The van der Waals surface area contributed by atoms with Crippen molar-refractivity contribution in [2.24, 2.45) is 0 Å². The summed E-state index contributed by atoms with van der Waals surface area (Å²) in [6, 6.07) is 3.39. The summed E-state index contributed by atoms with van der Waals surface area (Å²) in [6.07, 6.45) is -3.14. The highest BCUT2D eigenvalue weighted by Crippen LogP contribution is 2.36. The summed E-state index contributed by atoms with van der Waals surface area (Å²) >= 11 is 1.01. The lowest BCUT2D eigenvalue weighted by atomic mass is 10.1. The predicted molar refractivity (Wildman–Crippen MR) is 62.7 cm³/mol. The molecule has 1 N–H and O–H groups in total. The molecule has 0 fully saturated rings. The van der Waals surface area contributed by atoms with Gasteiger partial charge in [0.2, 0.25) is 0 Å². The zero-order valence-corrected chi connectivity index (χ0v) is 9.52. The van der Waals surface area contributed by atoms with E-state index >= 15 is 0 Å². The molecule has 2 heterocycles. The molecule has 0 radical (unpaired) electrons. The minimum Gasteiger partial charge on any atom is -0.312 e. The summed E-state index contributed by atoms with van der Waals surface area (Å²) in [5, 5.41) is 0.564. The standard InChI is InChI=1S/C11H5F3N2OS/c12-11(13,14)5-1-2-6-7(3-5)18-9-8(6)15-4-16-10(9)17/h1-4H,(H,15,16,17). The Labute approximate surface area is 102 Å². The molecule has 1 aromatic carbocycles. The molecule has 0 bridgehead atoms. The van der Waals surface area contributed by atoms with Gasteiger partial charge in [-0.2, -0.15) is 13.2 Å². The second-order valence-electron chi connectivity index (χ2n) is 3.72. The Hall–Kier alpha value is -1.89. The monoisotopic (exact) mass is 270 g/mol. The average molecular weight is 270 g/mol. The maximum absolute atomic E-state index is 12.6. The van der Waals surface area contributed by atoms with E-state index in [1.807, 2.05) is 0 Å². The van der Waals surface area contributed by atoms with Crippen molar-refractivity contribution in [1.82, 2.24) is 9.97 Å². The fourth-order valence-corrected chi connectivity index (χ4v) is 2.85. The number of nitrogens with one attached hydrogen (secondary N) is 1. The van der Waals surface area contributed by atoms with Crippen LogP contribution in [0, 0.1) is 0 Å². The predicted octanol–water partition coefficient (Wildman–Crippen LogP) is 3.16. The van der Waals surface area contributed by atoms with Gasteiger partial charge in [0.15, 0.2) is 0 Å². The third-order valence-corrected chi connectivity index (χ3v) is 3.73. The number of hydrogen-bond donors (Lipinski definition) is 1. The maximum atomic E-state index is 12.6. The molecule has 3 rings (SSSR count). The molecule has 7 heteroatoms.